The SMILES string of the molecule is COc1cc2cc(c1Cl)N(C)C(=O)C[C@H](OC(=O)[C@H](C)N(C)C(=O)OCC(C)(C)SSc1ccc([N+](=O)[O-])cn1)C1(C)O[C@H]1[C@H](C)[C@]1(C)C[C@@](O)(NC(=O)O1)[C@H](O)/C=C/C=C(\C)C2. The Morgan fingerprint density at radius 2 is 1.95 bits per heavy atom. The van der Waals surface area contributed by atoms with Crippen LogP contribution in [0.3, 0.4) is 0 Å². The fourth-order valence-corrected chi connectivity index (χ4v) is 9.59. The maximum atomic E-state index is 14.3. The second kappa shape index (κ2) is 19.2. The summed E-state index contributed by atoms with van der Waals surface area (Å²) in [6.07, 6.45) is 0.0888. The molecule has 3 aliphatic heterocycles. The highest BCUT2D eigenvalue weighted by molar-refractivity contribution is 8.77. The predicted octanol–water partition coefficient (Wildman–Crippen LogP) is 6.38. The molecule has 2 saturated heterocycles. The van der Waals surface area contributed by atoms with E-state index in [4.69, 9.17) is 35.3 Å². The molecule has 3 N–H and O–H groups in total. The van der Waals surface area contributed by atoms with Gasteiger partial charge in [-0.2, -0.15) is 0 Å². The van der Waals surface area contributed by atoms with Crippen LogP contribution in [0.25, 0.3) is 0 Å². The van der Waals surface area contributed by atoms with Gasteiger partial charge >= 0.3 is 18.2 Å². The third kappa shape index (κ3) is 11.4. The molecule has 1 aromatic carbocycles. The molecule has 1 aromatic heterocycles. The highest BCUT2D eigenvalue weighted by Gasteiger charge is 2.67. The van der Waals surface area contributed by atoms with Gasteiger partial charge in [-0.25, -0.2) is 19.4 Å². The number of methoxy groups -OCH3 is 1. The van der Waals surface area contributed by atoms with Crippen molar-refractivity contribution in [2.45, 2.75) is 119 Å². The maximum Gasteiger partial charge on any atom is 0.410 e. The van der Waals surface area contributed by atoms with Crippen LogP contribution in [-0.4, -0.2) is 123 Å². The van der Waals surface area contributed by atoms with Crippen LogP contribution in [0, 0.1) is 16.0 Å². The van der Waals surface area contributed by atoms with Gasteiger partial charge in [0, 0.05) is 32.5 Å². The van der Waals surface area contributed by atoms with Gasteiger partial charge in [0.25, 0.3) is 5.69 Å². The first-order chi connectivity index (χ1) is 29.3. The average Bonchev–Trinajstić information content (AvgIpc) is 3.92. The number of fused-ring (bicyclic) bond motifs is 5. The number of aliphatic hydroxyl groups excluding tert-OH is 1. The Kier molecular flexibility index (Phi) is 15.1. The number of rotatable bonds is 10. The molecule has 0 saturated carbocycles. The summed E-state index contributed by atoms with van der Waals surface area (Å²) in [5.74, 6) is -1.77. The zero-order chi connectivity index (χ0) is 46.8. The van der Waals surface area contributed by atoms with Crippen molar-refractivity contribution in [2.75, 3.05) is 32.7 Å². The number of halogens is 1. The van der Waals surface area contributed by atoms with Gasteiger partial charge in [0.15, 0.2) is 5.72 Å². The van der Waals surface area contributed by atoms with Crippen molar-refractivity contribution in [3.05, 3.63) is 75.0 Å². The molecule has 2 fully saturated rings. The number of amides is 3. The number of nitrogens with one attached hydrogen (secondary N) is 1. The fraction of sp³-hybridized carbons (Fsp3) is 0.548. The number of hydrogen-bond donors (Lipinski definition) is 3. The molecule has 2 aromatic rings. The first-order valence-corrected chi connectivity index (χ1v) is 22.5. The van der Waals surface area contributed by atoms with Crippen molar-refractivity contribution >= 4 is 68.6 Å². The van der Waals surface area contributed by atoms with Gasteiger partial charge in [-0.3, -0.25) is 25.1 Å². The Labute approximate surface area is 378 Å². The number of benzene rings is 1. The standard InChI is InChI=1S/C42H54ClN5O13S2/c1-23-12-11-13-30(49)42(54)21-40(6,61-37(52)45-42)24(2)35-41(7,60-35)31(19-33(50)47(9)28-17-26(16-23)18-29(57-10)34(28)43)59-36(51)25(3)46(8)38(53)58-22-39(4,5)63-62-32-15-14-27(20-44-32)48(55)56/h11-15,17-18,20,24-25,30-31,35,49,54H,16,19,21-22H2,1-10H3,(H,45,52)/b13-11+,23-12+/t24-,25-,30+,31-,35-,40-,41?,42-/m0/s1. The van der Waals surface area contributed by atoms with Crippen LogP contribution in [0.1, 0.15) is 66.9 Å². The molecule has 4 heterocycles. The quantitative estimate of drug-likeness (QED) is 0.0585. The summed E-state index contributed by atoms with van der Waals surface area (Å²) in [4.78, 5) is 71.5. The molecule has 5 rings (SSSR count). The molecule has 21 heteroatoms. The van der Waals surface area contributed by atoms with E-state index in [-0.39, 0.29) is 23.7 Å². The van der Waals surface area contributed by atoms with Gasteiger partial charge in [0.2, 0.25) is 5.91 Å². The van der Waals surface area contributed by atoms with Crippen molar-refractivity contribution in [3.63, 3.8) is 0 Å². The minimum atomic E-state index is -2.14. The maximum absolute atomic E-state index is 14.3. The van der Waals surface area contributed by atoms with Crippen molar-refractivity contribution in [3.8, 4) is 5.75 Å². The zero-order valence-corrected chi connectivity index (χ0v) is 39.1. The Bertz CT molecular complexity index is 2160. The summed E-state index contributed by atoms with van der Waals surface area (Å²) in [6.45, 7) is 11.8. The number of epoxide rings is 1. The molecule has 0 radical (unpaired) electrons. The van der Waals surface area contributed by atoms with E-state index in [0.717, 1.165) is 22.2 Å². The largest absolute Gasteiger partial charge is 0.495 e. The highest BCUT2D eigenvalue weighted by atomic mass is 35.5. The van der Waals surface area contributed by atoms with Crippen LogP contribution in [0.15, 0.2) is 59.3 Å². The van der Waals surface area contributed by atoms with Crippen LogP contribution >= 0.6 is 33.2 Å². The molecule has 63 heavy (non-hydrogen) atoms. The molecule has 4 bridgehead atoms. The molecular formula is C42H54ClN5O13S2. The van der Waals surface area contributed by atoms with E-state index in [2.05, 4.69) is 10.3 Å². The lowest BCUT2D eigenvalue weighted by atomic mass is 9.75. The second-order valence-corrected chi connectivity index (χ2v) is 20.3. The summed E-state index contributed by atoms with van der Waals surface area (Å²) in [6, 6.07) is 5.12. The number of esters is 1. The Morgan fingerprint density at radius 3 is 2.59 bits per heavy atom. The van der Waals surface area contributed by atoms with Crippen LogP contribution in [-0.2, 0) is 35.0 Å². The lowest BCUT2D eigenvalue weighted by Gasteiger charge is -2.47. The van der Waals surface area contributed by atoms with Crippen LogP contribution < -0.4 is 15.0 Å². The molecule has 344 valence electrons. The number of nitro groups is 1. The molecule has 18 nitrogen and oxygen atoms in total. The van der Waals surface area contributed by atoms with E-state index in [1.807, 2.05) is 20.8 Å². The summed E-state index contributed by atoms with van der Waals surface area (Å²) in [5, 5.41) is 36.8. The minimum Gasteiger partial charge on any atom is -0.495 e. The summed E-state index contributed by atoms with van der Waals surface area (Å²) < 4.78 is 28.6. The number of carbonyl (C=O) groups is 4. The van der Waals surface area contributed by atoms with Crippen molar-refractivity contribution < 1.29 is 58.0 Å². The zero-order valence-electron chi connectivity index (χ0n) is 36.7. The molecule has 1 unspecified atom stereocenters. The number of aromatic nitrogens is 1. The monoisotopic (exact) mass is 935 g/mol. The van der Waals surface area contributed by atoms with E-state index in [9.17, 15) is 39.5 Å². The van der Waals surface area contributed by atoms with Gasteiger partial charge in [-0.05, 0) is 82.5 Å². The number of carbonyl (C=O) groups excluding carboxylic acids is 4. The molecule has 8 atom stereocenters. The van der Waals surface area contributed by atoms with E-state index in [1.165, 1.54) is 72.8 Å². The van der Waals surface area contributed by atoms with E-state index < -0.39 is 87.4 Å². The molecule has 0 aliphatic carbocycles. The third-order valence-electron chi connectivity index (χ3n) is 11.5. The number of pyridine rings is 1. The number of likely N-dealkylation sites (N-methyl/N-ethyl adjacent to an activating group) is 1. The fourth-order valence-electron chi connectivity index (χ4n) is 7.27. The van der Waals surface area contributed by atoms with Gasteiger partial charge in [0.05, 0.1) is 35.0 Å². The second-order valence-electron chi connectivity index (χ2n) is 17.1. The summed E-state index contributed by atoms with van der Waals surface area (Å²) >= 11 is 6.77. The number of anilines is 1. The smallest absolute Gasteiger partial charge is 0.410 e. The molecule has 0 spiro atoms. The van der Waals surface area contributed by atoms with Crippen molar-refractivity contribution in [1.82, 2.24) is 15.2 Å². The number of nitrogens with zero attached hydrogens (tertiary/aromatic N) is 4. The average molecular weight is 937 g/mol. The third-order valence-corrected chi connectivity index (χ3v) is 15.1. The van der Waals surface area contributed by atoms with E-state index >= 15 is 0 Å². The Balaban J connectivity index is 1.39. The van der Waals surface area contributed by atoms with E-state index in [1.54, 1.807) is 45.1 Å². The lowest BCUT2D eigenvalue weighted by Crippen LogP contribution is -2.66. The normalized spacial score (nSPS) is 29.4. The lowest BCUT2D eigenvalue weighted by molar-refractivity contribution is -0.385. The van der Waals surface area contributed by atoms with Gasteiger partial charge < -0.3 is 38.8 Å². The number of aliphatic hydroxyl groups is 2. The highest BCUT2D eigenvalue weighted by Crippen LogP contribution is 2.52. The molecular weight excluding hydrogens is 882 g/mol. The summed E-state index contributed by atoms with van der Waals surface area (Å²) in [5.41, 5.74) is -3.17. The molecule has 3 aliphatic rings. The first kappa shape index (κ1) is 49.4. The number of alkyl carbamates (subject to hydrolysis) is 1. The minimum absolute atomic E-state index is 0.0801. The van der Waals surface area contributed by atoms with Gasteiger partial charge in [-0.15, -0.1) is 0 Å². The predicted molar refractivity (Wildman–Crippen MR) is 236 cm³/mol. The van der Waals surface area contributed by atoms with E-state index in [0.29, 0.717) is 22.9 Å². The van der Waals surface area contributed by atoms with Crippen LogP contribution in [0.2, 0.25) is 5.02 Å². The number of hydrogen-bond acceptors (Lipinski definition) is 16. The van der Waals surface area contributed by atoms with Crippen LogP contribution in [0.5, 0.6) is 5.75 Å². The van der Waals surface area contributed by atoms with Crippen molar-refractivity contribution in [2.24, 2.45) is 5.92 Å². The Morgan fingerprint density at radius 1 is 1.25 bits per heavy atom. The Hall–Kier alpha value is -4.60. The van der Waals surface area contributed by atoms with Crippen LogP contribution in [0.4, 0.5) is 21.0 Å². The first-order valence-electron chi connectivity index (χ1n) is 20.0. The molecule has 3 amide bonds. The topological polar surface area (TPSA) is 233 Å². The number of ether oxygens (including phenoxy) is 5. The number of allylic oxidation sites excluding steroid dienone is 3. The van der Waals surface area contributed by atoms with Gasteiger partial charge in [-0.1, -0.05) is 53.1 Å². The van der Waals surface area contributed by atoms with Crippen molar-refractivity contribution in [1.29, 1.82) is 0 Å². The van der Waals surface area contributed by atoms with Gasteiger partial charge in [0.1, 0.15) is 58.1 Å². The summed E-state index contributed by atoms with van der Waals surface area (Å²) in [7, 11) is 6.93.